The molecule has 3 heterocycles. The van der Waals surface area contributed by atoms with Crippen LogP contribution in [0, 0.1) is 0 Å². The Morgan fingerprint density at radius 2 is 1.18 bits per heavy atom. The fraction of sp³-hybridized carbons (Fsp3) is 0. The number of fused-ring (bicyclic) bond motifs is 5. The van der Waals surface area contributed by atoms with Gasteiger partial charge in [-0.2, -0.15) is 0 Å². The number of rotatable bonds is 5. The van der Waals surface area contributed by atoms with E-state index < -0.39 is 0 Å². The van der Waals surface area contributed by atoms with E-state index in [9.17, 15) is 0 Å². The number of thiophene rings is 1. The third kappa shape index (κ3) is 5.06. The standard InChI is InChI=1S/C52H32N2OS2/c1-3-17-35(18-4-1)53(43-26-14-30-47-49(43)40-23-8-10-29-46(40)56-47)37-21-11-15-33(31-37)41-32-34-16-12-24-39-38-22-7-9-25-42(38)54(36-19-5-2-6-20-36)44-27-13-28-45-51(44)57-52(48(34)39)50(41)55-45/h1-32H. The molecule has 0 aliphatic carbocycles. The summed E-state index contributed by atoms with van der Waals surface area (Å²) in [5.74, 6) is 1.76. The Bertz CT molecular complexity index is 3210. The highest BCUT2D eigenvalue weighted by atomic mass is 32.2. The Kier molecular flexibility index (Phi) is 7.34. The lowest BCUT2D eigenvalue weighted by molar-refractivity contribution is 0.458. The van der Waals surface area contributed by atoms with Gasteiger partial charge in [0.15, 0.2) is 0 Å². The van der Waals surface area contributed by atoms with Gasteiger partial charge < -0.3 is 14.5 Å². The van der Waals surface area contributed by atoms with Gasteiger partial charge in [-0.25, -0.2) is 0 Å². The minimum Gasteiger partial charge on any atom is -0.454 e. The van der Waals surface area contributed by atoms with Gasteiger partial charge in [-0.3, -0.25) is 0 Å². The average Bonchev–Trinajstić information content (AvgIpc) is 3.68. The molecule has 0 N–H and O–H groups in total. The molecule has 0 saturated carbocycles. The third-order valence-corrected chi connectivity index (χ3v) is 13.5. The SMILES string of the molecule is c1ccc(N2c3ccccc3-c3cccc4cc(-c5cccc(N(c6ccccc6)c6cccc7sc8ccccc8c67)c5)c5c(c34)Sc3c(cccc32)O5)cc1. The minimum atomic E-state index is 0.862. The number of benzene rings is 9. The van der Waals surface area contributed by atoms with Gasteiger partial charge in [0.2, 0.25) is 0 Å². The lowest BCUT2D eigenvalue weighted by atomic mass is 9.93. The number of anilines is 6. The summed E-state index contributed by atoms with van der Waals surface area (Å²) in [6.07, 6.45) is 0. The molecule has 12 rings (SSSR count). The number of hydrogen-bond acceptors (Lipinski definition) is 5. The van der Waals surface area contributed by atoms with Crippen molar-refractivity contribution in [2.24, 2.45) is 0 Å². The summed E-state index contributed by atoms with van der Waals surface area (Å²) in [5.41, 5.74) is 11.2. The van der Waals surface area contributed by atoms with E-state index in [1.54, 1.807) is 0 Å². The van der Waals surface area contributed by atoms with Crippen LogP contribution in [-0.4, -0.2) is 0 Å². The first-order valence-electron chi connectivity index (χ1n) is 19.2. The summed E-state index contributed by atoms with van der Waals surface area (Å²) in [6, 6.07) is 70.1. The molecule has 2 aliphatic heterocycles. The molecule has 0 unspecified atom stereocenters. The molecule has 1 aromatic heterocycles. The number of ether oxygens (including phenoxy) is 1. The normalized spacial score (nSPS) is 12.6. The van der Waals surface area contributed by atoms with Crippen molar-refractivity contribution in [3.63, 3.8) is 0 Å². The molecule has 2 aliphatic rings. The van der Waals surface area contributed by atoms with Crippen molar-refractivity contribution in [3.8, 4) is 33.8 Å². The Hall–Kier alpha value is -6.79. The van der Waals surface area contributed by atoms with Crippen molar-refractivity contribution in [2.75, 3.05) is 9.80 Å². The first-order chi connectivity index (χ1) is 28.3. The highest BCUT2D eigenvalue weighted by molar-refractivity contribution is 8.00. The number of hydrogen-bond donors (Lipinski definition) is 0. The van der Waals surface area contributed by atoms with Gasteiger partial charge in [0.05, 0.1) is 26.9 Å². The molecule has 268 valence electrons. The van der Waals surface area contributed by atoms with Crippen LogP contribution in [0.2, 0.25) is 0 Å². The van der Waals surface area contributed by atoms with E-state index in [-0.39, 0.29) is 0 Å². The fourth-order valence-electron chi connectivity index (χ4n) is 8.75. The molecule has 0 saturated heterocycles. The van der Waals surface area contributed by atoms with Gasteiger partial charge in [0, 0.05) is 53.7 Å². The molecule has 2 bridgehead atoms. The maximum Gasteiger partial charge on any atom is 0.149 e. The van der Waals surface area contributed by atoms with Gasteiger partial charge in [-0.05, 0) is 95.4 Å². The lowest BCUT2D eigenvalue weighted by Crippen LogP contribution is -2.12. The molecule has 3 nitrogen and oxygen atoms in total. The second-order valence-electron chi connectivity index (χ2n) is 14.5. The third-order valence-electron chi connectivity index (χ3n) is 11.2. The molecule has 5 heteroatoms. The van der Waals surface area contributed by atoms with Gasteiger partial charge in [-0.15, -0.1) is 11.3 Å². The minimum absolute atomic E-state index is 0.862. The largest absolute Gasteiger partial charge is 0.454 e. The Morgan fingerprint density at radius 1 is 0.474 bits per heavy atom. The van der Waals surface area contributed by atoms with E-state index in [4.69, 9.17) is 4.74 Å². The van der Waals surface area contributed by atoms with E-state index in [2.05, 4.69) is 204 Å². The van der Waals surface area contributed by atoms with Crippen LogP contribution in [-0.2, 0) is 0 Å². The maximum absolute atomic E-state index is 7.18. The fourth-order valence-corrected chi connectivity index (χ4v) is 11.1. The van der Waals surface area contributed by atoms with Crippen LogP contribution in [0.4, 0.5) is 34.1 Å². The number of para-hydroxylation sites is 3. The summed E-state index contributed by atoms with van der Waals surface area (Å²) >= 11 is 3.68. The first-order valence-corrected chi connectivity index (χ1v) is 20.8. The van der Waals surface area contributed by atoms with Gasteiger partial charge in [0.25, 0.3) is 0 Å². The second kappa shape index (κ2) is 12.9. The van der Waals surface area contributed by atoms with Gasteiger partial charge in [-0.1, -0.05) is 127 Å². The quantitative estimate of drug-likeness (QED) is 0.173. The highest BCUT2D eigenvalue weighted by Gasteiger charge is 2.32. The zero-order valence-electron chi connectivity index (χ0n) is 30.6. The average molecular weight is 765 g/mol. The van der Waals surface area contributed by atoms with Crippen molar-refractivity contribution in [1.82, 2.24) is 0 Å². The number of nitrogens with zero attached hydrogens (tertiary/aromatic N) is 2. The Morgan fingerprint density at radius 3 is 2.09 bits per heavy atom. The van der Waals surface area contributed by atoms with Crippen molar-refractivity contribution in [3.05, 3.63) is 194 Å². The van der Waals surface area contributed by atoms with Crippen molar-refractivity contribution >= 4 is 88.2 Å². The van der Waals surface area contributed by atoms with Crippen molar-refractivity contribution in [2.45, 2.75) is 9.79 Å². The molecule has 10 aromatic rings. The van der Waals surface area contributed by atoms with Gasteiger partial charge >= 0.3 is 0 Å². The van der Waals surface area contributed by atoms with Crippen LogP contribution in [0.3, 0.4) is 0 Å². The van der Waals surface area contributed by atoms with Gasteiger partial charge in [0.1, 0.15) is 11.5 Å². The molecule has 0 spiro atoms. The topological polar surface area (TPSA) is 15.7 Å². The summed E-state index contributed by atoms with van der Waals surface area (Å²) in [7, 11) is 0. The molecule has 0 atom stereocenters. The molecular formula is C52H32N2OS2. The van der Waals surface area contributed by atoms with Crippen LogP contribution in [0.15, 0.2) is 204 Å². The zero-order chi connectivity index (χ0) is 37.5. The Balaban J connectivity index is 1.10. The summed E-state index contributed by atoms with van der Waals surface area (Å²) in [6.45, 7) is 0. The van der Waals surface area contributed by atoms with Crippen LogP contribution in [0.1, 0.15) is 0 Å². The molecule has 0 amide bonds. The molecule has 0 fully saturated rings. The monoisotopic (exact) mass is 764 g/mol. The maximum atomic E-state index is 7.18. The molecule has 57 heavy (non-hydrogen) atoms. The molecular weight excluding hydrogens is 733 g/mol. The molecule has 0 radical (unpaired) electrons. The van der Waals surface area contributed by atoms with Crippen LogP contribution in [0.25, 0.3) is 53.2 Å². The predicted molar refractivity (Wildman–Crippen MR) is 241 cm³/mol. The molecule has 9 aromatic carbocycles. The Labute approximate surface area is 338 Å². The van der Waals surface area contributed by atoms with Crippen molar-refractivity contribution in [1.29, 1.82) is 0 Å². The van der Waals surface area contributed by atoms with Crippen LogP contribution >= 0.6 is 23.1 Å². The predicted octanol–water partition coefficient (Wildman–Crippen LogP) is 16.1. The summed E-state index contributed by atoms with van der Waals surface area (Å²) < 4.78 is 9.75. The smallest absolute Gasteiger partial charge is 0.149 e. The second-order valence-corrected chi connectivity index (χ2v) is 16.6. The van der Waals surface area contributed by atoms with E-state index in [0.29, 0.717) is 0 Å². The zero-order valence-corrected chi connectivity index (χ0v) is 32.2. The first kappa shape index (κ1) is 32.5. The van der Waals surface area contributed by atoms with E-state index in [1.807, 2.05) is 23.1 Å². The van der Waals surface area contributed by atoms with E-state index in [0.717, 1.165) is 66.5 Å². The summed E-state index contributed by atoms with van der Waals surface area (Å²) in [5, 5.41) is 4.94. The van der Waals surface area contributed by atoms with Crippen molar-refractivity contribution < 1.29 is 4.74 Å². The lowest BCUT2D eigenvalue weighted by Gasteiger charge is -2.31. The highest BCUT2D eigenvalue weighted by Crippen LogP contribution is 2.60. The van der Waals surface area contributed by atoms with Crippen LogP contribution in [0.5, 0.6) is 11.5 Å². The summed E-state index contributed by atoms with van der Waals surface area (Å²) in [4.78, 5) is 7.05. The van der Waals surface area contributed by atoms with Crippen LogP contribution < -0.4 is 14.5 Å². The van der Waals surface area contributed by atoms with E-state index in [1.165, 1.54) is 42.1 Å². The van der Waals surface area contributed by atoms with E-state index >= 15 is 0 Å².